The molecule has 1 saturated carbocycles. The monoisotopic (exact) mass is 402 g/mol. The van der Waals surface area contributed by atoms with Crippen LogP contribution in [0.15, 0.2) is 34.9 Å². The first-order valence-electron chi connectivity index (χ1n) is 9.88. The lowest BCUT2D eigenvalue weighted by molar-refractivity contribution is -0.166. The molecule has 29 heavy (non-hydrogen) atoms. The Bertz CT molecular complexity index is 882. The number of fused-ring (bicyclic) bond motifs is 5. The number of rotatable bonds is 3. The van der Waals surface area contributed by atoms with Gasteiger partial charge in [0.1, 0.15) is 11.7 Å². The summed E-state index contributed by atoms with van der Waals surface area (Å²) in [5, 5.41) is 0. The quantitative estimate of drug-likeness (QED) is 0.235. The molecule has 7 heteroatoms. The largest absolute Gasteiger partial charge is 0.457 e. The first-order valence-corrected chi connectivity index (χ1v) is 9.88. The van der Waals surface area contributed by atoms with Crippen LogP contribution in [-0.2, 0) is 33.3 Å². The summed E-state index contributed by atoms with van der Waals surface area (Å²) in [4.78, 5) is 37.0. The van der Waals surface area contributed by atoms with E-state index in [0.717, 1.165) is 11.1 Å². The predicted octanol–water partition coefficient (Wildman–Crippen LogP) is 2.40. The lowest BCUT2D eigenvalue weighted by Crippen LogP contribution is -2.45. The zero-order valence-corrected chi connectivity index (χ0v) is 17.3. The highest BCUT2D eigenvalue weighted by Gasteiger charge is 2.71. The van der Waals surface area contributed by atoms with Crippen LogP contribution >= 0.6 is 0 Å². The van der Waals surface area contributed by atoms with Gasteiger partial charge in [-0.3, -0.25) is 4.79 Å². The molecule has 0 radical (unpaired) electrons. The standard InChI is InChI=1S/C22H26O7/c1-7-9(2)20(24)28-19-15-11(4)21(25)27-18(15)16-13(8-14-22(16,6)29-14)10(3)17(19)26-12(5)23/h7,14-19H,4,8H2,1-3,5-6H3. The van der Waals surface area contributed by atoms with E-state index in [0.29, 0.717) is 12.0 Å². The number of hydrogen-bond donors (Lipinski definition) is 0. The van der Waals surface area contributed by atoms with Gasteiger partial charge in [0.25, 0.3) is 0 Å². The van der Waals surface area contributed by atoms with E-state index >= 15 is 0 Å². The molecule has 0 bridgehead atoms. The summed E-state index contributed by atoms with van der Waals surface area (Å²) >= 11 is 0. The van der Waals surface area contributed by atoms with E-state index in [1.165, 1.54) is 6.92 Å². The molecular weight excluding hydrogens is 376 g/mol. The Hall–Kier alpha value is -2.41. The fourth-order valence-corrected chi connectivity index (χ4v) is 5.08. The minimum absolute atomic E-state index is 0.0491. The summed E-state index contributed by atoms with van der Waals surface area (Å²) in [5.41, 5.74) is 2.09. The molecule has 2 heterocycles. The molecule has 7 unspecified atom stereocenters. The van der Waals surface area contributed by atoms with E-state index < -0.39 is 47.7 Å². The highest BCUT2D eigenvalue weighted by molar-refractivity contribution is 5.92. The highest BCUT2D eigenvalue weighted by atomic mass is 16.6. The first kappa shape index (κ1) is 19.9. The van der Waals surface area contributed by atoms with Crippen LogP contribution in [-0.4, -0.2) is 47.9 Å². The zero-order valence-electron chi connectivity index (χ0n) is 17.3. The molecule has 4 aliphatic rings. The Morgan fingerprint density at radius 2 is 1.97 bits per heavy atom. The van der Waals surface area contributed by atoms with Crippen LogP contribution in [0.4, 0.5) is 0 Å². The van der Waals surface area contributed by atoms with Crippen LogP contribution in [0, 0.1) is 11.8 Å². The van der Waals surface area contributed by atoms with E-state index in [2.05, 4.69) is 6.58 Å². The fourth-order valence-electron chi connectivity index (χ4n) is 5.08. The van der Waals surface area contributed by atoms with Crippen molar-refractivity contribution in [1.82, 2.24) is 0 Å². The summed E-state index contributed by atoms with van der Waals surface area (Å²) in [7, 11) is 0. The van der Waals surface area contributed by atoms with E-state index in [1.807, 2.05) is 13.8 Å². The van der Waals surface area contributed by atoms with E-state index in [-0.39, 0.29) is 17.6 Å². The number of allylic oxidation sites excluding steroid dienone is 1. The van der Waals surface area contributed by atoms with Gasteiger partial charge >= 0.3 is 17.9 Å². The number of epoxide rings is 1. The van der Waals surface area contributed by atoms with Crippen molar-refractivity contribution in [2.75, 3.05) is 0 Å². The molecule has 0 N–H and O–H groups in total. The summed E-state index contributed by atoms with van der Waals surface area (Å²) in [6.07, 6.45) is 0.0542. The van der Waals surface area contributed by atoms with Crippen molar-refractivity contribution in [2.24, 2.45) is 11.8 Å². The fraction of sp³-hybridized carbons (Fsp3) is 0.591. The topological polar surface area (TPSA) is 91.4 Å². The maximum atomic E-state index is 12.6. The van der Waals surface area contributed by atoms with Crippen molar-refractivity contribution in [3.63, 3.8) is 0 Å². The third-order valence-electron chi connectivity index (χ3n) is 6.84. The predicted molar refractivity (Wildman–Crippen MR) is 101 cm³/mol. The Balaban J connectivity index is 1.84. The lowest BCUT2D eigenvalue weighted by atomic mass is 9.79. The molecule has 0 aromatic rings. The van der Waals surface area contributed by atoms with Crippen LogP contribution in [0.3, 0.4) is 0 Å². The average molecular weight is 402 g/mol. The van der Waals surface area contributed by atoms with Crippen LogP contribution in [0.2, 0.25) is 0 Å². The van der Waals surface area contributed by atoms with Gasteiger partial charge in [-0.25, -0.2) is 9.59 Å². The second-order valence-electron chi connectivity index (χ2n) is 8.47. The molecule has 7 atom stereocenters. The maximum Gasteiger partial charge on any atom is 0.334 e. The number of carbonyl (C=O) groups excluding carboxylic acids is 3. The van der Waals surface area contributed by atoms with Crippen molar-refractivity contribution < 1.29 is 33.3 Å². The molecule has 0 aromatic heterocycles. The lowest BCUT2D eigenvalue weighted by Gasteiger charge is -2.32. The second-order valence-corrected chi connectivity index (χ2v) is 8.47. The van der Waals surface area contributed by atoms with Gasteiger partial charge < -0.3 is 18.9 Å². The molecule has 156 valence electrons. The Labute approximate surface area is 169 Å². The number of esters is 3. The van der Waals surface area contributed by atoms with Gasteiger partial charge in [0, 0.05) is 24.0 Å². The van der Waals surface area contributed by atoms with Gasteiger partial charge in [-0.15, -0.1) is 0 Å². The zero-order chi connectivity index (χ0) is 21.2. The molecule has 3 fully saturated rings. The number of carbonyl (C=O) groups is 3. The summed E-state index contributed by atoms with van der Waals surface area (Å²) in [6, 6.07) is 0. The summed E-state index contributed by atoms with van der Waals surface area (Å²) in [5.74, 6) is -2.35. The van der Waals surface area contributed by atoms with Gasteiger partial charge in [0.2, 0.25) is 0 Å². The summed E-state index contributed by atoms with van der Waals surface area (Å²) in [6.45, 7) is 12.5. The van der Waals surface area contributed by atoms with Gasteiger partial charge in [0.15, 0.2) is 12.2 Å². The minimum atomic E-state index is -0.913. The molecule has 0 amide bonds. The molecule has 4 rings (SSSR count). The third kappa shape index (κ3) is 2.86. The van der Waals surface area contributed by atoms with Gasteiger partial charge in [-0.05, 0) is 39.7 Å². The van der Waals surface area contributed by atoms with Crippen LogP contribution in [0.5, 0.6) is 0 Å². The maximum absolute atomic E-state index is 12.6. The van der Waals surface area contributed by atoms with Gasteiger partial charge in [-0.2, -0.15) is 0 Å². The van der Waals surface area contributed by atoms with Gasteiger partial charge in [0.05, 0.1) is 12.0 Å². The molecule has 2 aliphatic heterocycles. The third-order valence-corrected chi connectivity index (χ3v) is 6.84. The number of ether oxygens (including phenoxy) is 4. The van der Waals surface area contributed by atoms with Crippen molar-refractivity contribution in [1.29, 1.82) is 0 Å². The van der Waals surface area contributed by atoms with E-state index in [9.17, 15) is 14.4 Å². The van der Waals surface area contributed by atoms with E-state index in [4.69, 9.17) is 18.9 Å². The molecular formula is C22H26O7. The molecule has 0 aromatic carbocycles. The summed E-state index contributed by atoms with van der Waals surface area (Å²) < 4.78 is 23.1. The van der Waals surface area contributed by atoms with Crippen molar-refractivity contribution in [2.45, 2.75) is 71.1 Å². The normalized spacial score (nSPS) is 40.5. The second kappa shape index (κ2) is 6.55. The average Bonchev–Trinajstić information content (AvgIpc) is 3.12. The molecule has 2 aliphatic carbocycles. The van der Waals surface area contributed by atoms with Crippen LogP contribution in [0.25, 0.3) is 0 Å². The van der Waals surface area contributed by atoms with Crippen molar-refractivity contribution in [3.05, 3.63) is 34.9 Å². The Morgan fingerprint density at radius 3 is 2.59 bits per heavy atom. The smallest absolute Gasteiger partial charge is 0.334 e. The first-order chi connectivity index (χ1) is 13.6. The number of hydrogen-bond acceptors (Lipinski definition) is 7. The Morgan fingerprint density at radius 1 is 1.28 bits per heavy atom. The van der Waals surface area contributed by atoms with Crippen LogP contribution in [0.1, 0.15) is 41.0 Å². The Kier molecular flexibility index (Phi) is 4.49. The SMILES string of the molecule is C=C1C(=O)OC2C1C(OC(=O)C(C)=CC)C(OC(C)=O)C(C)=C1CC3OC3(C)C12. The van der Waals surface area contributed by atoms with Crippen molar-refractivity contribution in [3.8, 4) is 0 Å². The molecule has 2 saturated heterocycles. The van der Waals surface area contributed by atoms with Crippen molar-refractivity contribution >= 4 is 17.9 Å². The van der Waals surface area contributed by atoms with E-state index in [1.54, 1.807) is 19.9 Å². The molecule has 7 nitrogen and oxygen atoms in total. The molecule has 0 spiro atoms. The highest BCUT2D eigenvalue weighted by Crippen LogP contribution is 2.62. The van der Waals surface area contributed by atoms with Gasteiger partial charge in [-0.1, -0.05) is 18.2 Å². The van der Waals surface area contributed by atoms with Crippen LogP contribution < -0.4 is 0 Å². The minimum Gasteiger partial charge on any atom is -0.457 e.